The molecule has 132 valence electrons. The standard InChI is InChI=1S/C13H20Cl2N4O2S.HI/c1-16-13(17-6-9-3-4-22(20,21)8-9)18-7-10-5-11(14)12(15)19(10)2;/h5,9H,3-4,6-8H2,1-2H3,(H2,16,17,18);1H. The van der Waals surface area contributed by atoms with Gasteiger partial charge in [-0.05, 0) is 18.4 Å². The van der Waals surface area contributed by atoms with E-state index in [1.807, 2.05) is 7.05 Å². The average molecular weight is 495 g/mol. The molecule has 0 aliphatic carbocycles. The Labute approximate surface area is 163 Å². The fourth-order valence-electron chi connectivity index (χ4n) is 2.43. The van der Waals surface area contributed by atoms with Crippen LogP contribution in [0.15, 0.2) is 11.1 Å². The third-order valence-electron chi connectivity index (χ3n) is 3.76. The number of sulfone groups is 1. The minimum Gasteiger partial charge on any atom is -0.356 e. The molecule has 0 bridgehead atoms. The van der Waals surface area contributed by atoms with Crippen LogP contribution >= 0.6 is 47.2 Å². The second-order valence-corrected chi connectivity index (χ2v) is 8.40. The van der Waals surface area contributed by atoms with Crippen molar-refractivity contribution in [3.05, 3.63) is 21.9 Å². The van der Waals surface area contributed by atoms with Gasteiger partial charge in [0, 0.05) is 26.3 Å². The van der Waals surface area contributed by atoms with E-state index in [-0.39, 0.29) is 41.4 Å². The highest BCUT2D eigenvalue weighted by atomic mass is 127. The van der Waals surface area contributed by atoms with Gasteiger partial charge in [0.2, 0.25) is 0 Å². The highest BCUT2D eigenvalue weighted by Gasteiger charge is 2.27. The van der Waals surface area contributed by atoms with Crippen LogP contribution in [0.4, 0.5) is 0 Å². The number of halogens is 3. The number of hydrogen-bond acceptors (Lipinski definition) is 3. The second-order valence-electron chi connectivity index (χ2n) is 5.41. The smallest absolute Gasteiger partial charge is 0.191 e. The number of nitrogens with one attached hydrogen (secondary N) is 2. The van der Waals surface area contributed by atoms with Crippen LogP contribution in [0.5, 0.6) is 0 Å². The van der Waals surface area contributed by atoms with Gasteiger partial charge in [0.25, 0.3) is 0 Å². The second kappa shape index (κ2) is 8.77. The highest BCUT2D eigenvalue weighted by molar-refractivity contribution is 14.0. The SMILES string of the molecule is CN=C(NCc1cc(Cl)c(Cl)n1C)NCC1CCS(=O)(=O)C1.I. The van der Waals surface area contributed by atoms with E-state index in [0.717, 1.165) is 5.69 Å². The first-order chi connectivity index (χ1) is 10.3. The van der Waals surface area contributed by atoms with Crippen LogP contribution in [0.2, 0.25) is 10.2 Å². The summed E-state index contributed by atoms with van der Waals surface area (Å²) < 4.78 is 24.7. The molecule has 1 unspecified atom stereocenters. The molecule has 1 aromatic rings. The van der Waals surface area contributed by atoms with E-state index < -0.39 is 9.84 Å². The van der Waals surface area contributed by atoms with Crippen LogP contribution in [-0.4, -0.2) is 44.0 Å². The van der Waals surface area contributed by atoms with E-state index in [9.17, 15) is 8.42 Å². The third kappa shape index (κ3) is 5.68. The van der Waals surface area contributed by atoms with Crippen molar-refractivity contribution in [3.63, 3.8) is 0 Å². The fraction of sp³-hybridized carbons (Fsp3) is 0.615. The number of rotatable bonds is 4. The van der Waals surface area contributed by atoms with Crippen LogP contribution < -0.4 is 10.6 Å². The lowest BCUT2D eigenvalue weighted by molar-refractivity contribution is 0.566. The Morgan fingerprint density at radius 3 is 2.61 bits per heavy atom. The quantitative estimate of drug-likeness (QED) is 0.381. The predicted octanol–water partition coefficient (Wildman–Crippen LogP) is 2.05. The van der Waals surface area contributed by atoms with E-state index in [2.05, 4.69) is 15.6 Å². The Balaban J connectivity index is 0.00000264. The molecule has 0 spiro atoms. The van der Waals surface area contributed by atoms with Crippen molar-refractivity contribution in [3.8, 4) is 0 Å². The molecule has 0 saturated carbocycles. The average Bonchev–Trinajstić information content (AvgIpc) is 2.94. The first-order valence-corrected chi connectivity index (χ1v) is 9.54. The Morgan fingerprint density at radius 1 is 1.43 bits per heavy atom. The largest absolute Gasteiger partial charge is 0.356 e. The summed E-state index contributed by atoms with van der Waals surface area (Å²) in [5, 5.41) is 7.33. The summed E-state index contributed by atoms with van der Waals surface area (Å²) in [6.45, 7) is 1.11. The molecule has 0 amide bonds. The van der Waals surface area contributed by atoms with E-state index in [0.29, 0.717) is 35.6 Å². The number of hydrogen-bond donors (Lipinski definition) is 2. The van der Waals surface area contributed by atoms with Gasteiger partial charge in [-0.3, -0.25) is 4.99 Å². The van der Waals surface area contributed by atoms with Gasteiger partial charge in [-0.15, -0.1) is 24.0 Å². The normalized spacial score (nSPS) is 20.2. The Morgan fingerprint density at radius 2 is 2.13 bits per heavy atom. The Hall–Kier alpha value is -0.190. The third-order valence-corrected chi connectivity index (χ3v) is 6.44. The minimum absolute atomic E-state index is 0. The molecule has 1 atom stereocenters. The summed E-state index contributed by atoms with van der Waals surface area (Å²) in [4.78, 5) is 4.13. The molecule has 1 aromatic heterocycles. The van der Waals surface area contributed by atoms with E-state index in [4.69, 9.17) is 23.2 Å². The van der Waals surface area contributed by atoms with Crippen molar-refractivity contribution in [2.24, 2.45) is 18.0 Å². The Kier molecular flexibility index (Phi) is 7.96. The minimum atomic E-state index is -2.85. The van der Waals surface area contributed by atoms with Gasteiger partial charge >= 0.3 is 0 Å². The van der Waals surface area contributed by atoms with Crippen molar-refractivity contribution in [1.29, 1.82) is 0 Å². The van der Waals surface area contributed by atoms with Gasteiger partial charge in [-0.2, -0.15) is 0 Å². The van der Waals surface area contributed by atoms with E-state index >= 15 is 0 Å². The number of aliphatic imine (C=N–C) groups is 1. The lowest BCUT2D eigenvalue weighted by atomic mass is 10.1. The van der Waals surface area contributed by atoms with Crippen LogP contribution in [0.1, 0.15) is 12.1 Å². The zero-order valence-electron chi connectivity index (χ0n) is 13.0. The van der Waals surface area contributed by atoms with Gasteiger partial charge in [0.15, 0.2) is 15.8 Å². The number of nitrogens with zero attached hydrogens (tertiary/aromatic N) is 2. The van der Waals surface area contributed by atoms with Gasteiger partial charge in [-0.1, -0.05) is 23.2 Å². The zero-order chi connectivity index (χ0) is 16.3. The highest BCUT2D eigenvalue weighted by Crippen LogP contribution is 2.24. The summed E-state index contributed by atoms with van der Waals surface area (Å²) in [5.74, 6) is 1.30. The summed E-state index contributed by atoms with van der Waals surface area (Å²) in [6.07, 6.45) is 0.704. The van der Waals surface area contributed by atoms with Gasteiger partial charge < -0.3 is 15.2 Å². The molecule has 2 N–H and O–H groups in total. The van der Waals surface area contributed by atoms with Crippen molar-refractivity contribution in [2.75, 3.05) is 25.1 Å². The van der Waals surface area contributed by atoms with E-state index in [1.165, 1.54) is 0 Å². The first-order valence-electron chi connectivity index (χ1n) is 6.97. The lowest BCUT2D eigenvalue weighted by Gasteiger charge is -2.14. The molecular weight excluding hydrogens is 474 g/mol. The van der Waals surface area contributed by atoms with Crippen molar-refractivity contribution in [1.82, 2.24) is 15.2 Å². The molecule has 0 aromatic carbocycles. The maximum absolute atomic E-state index is 11.4. The summed E-state index contributed by atoms with van der Waals surface area (Å²) in [5.41, 5.74) is 0.932. The maximum atomic E-state index is 11.4. The van der Waals surface area contributed by atoms with Crippen molar-refractivity contribution in [2.45, 2.75) is 13.0 Å². The van der Waals surface area contributed by atoms with Crippen molar-refractivity contribution >= 4 is 63.0 Å². The molecule has 1 aliphatic heterocycles. The number of aromatic nitrogens is 1. The van der Waals surface area contributed by atoms with Crippen LogP contribution in [0, 0.1) is 5.92 Å². The van der Waals surface area contributed by atoms with Gasteiger partial charge in [0.1, 0.15) is 5.15 Å². The molecule has 1 saturated heterocycles. The molecule has 23 heavy (non-hydrogen) atoms. The molecule has 2 rings (SSSR count). The maximum Gasteiger partial charge on any atom is 0.191 e. The zero-order valence-corrected chi connectivity index (χ0v) is 17.6. The summed E-state index contributed by atoms with van der Waals surface area (Å²) in [6, 6.07) is 1.80. The van der Waals surface area contributed by atoms with E-state index in [1.54, 1.807) is 17.7 Å². The molecular formula is C13H21Cl2IN4O2S. The van der Waals surface area contributed by atoms with Crippen molar-refractivity contribution < 1.29 is 8.42 Å². The van der Waals surface area contributed by atoms with Crippen LogP contribution in [0.3, 0.4) is 0 Å². The lowest BCUT2D eigenvalue weighted by Crippen LogP contribution is -2.39. The van der Waals surface area contributed by atoms with Crippen LogP contribution in [0.25, 0.3) is 0 Å². The van der Waals surface area contributed by atoms with Gasteiger partial charge in [0.05, 0.1) is 23.1 Å². The molecule has 6 nitrogen and oxygen atoms in total. The molecule has 0 radical (unpaired) electrons. The first kappa shape index (κ1) is 20.9. The predicted molar refractivity (Wildman–Crippen MR) is 106 cm³/mol. The molecule has 2 heterocycles. The summed E-state index contributed by atoms with van der Waals surface area (Å²) >= 11 is 12.0. The van der Waals surface area contributed by atoms with Gasteiger partial charge in [-0.25, -0.2) is 8.42 Å². The molecule has 1 aliphatic rings. The summed E-state index contributed by atoms with van der Waals surface area (Å²) in [7, 11) is 0.664. The number of guanidine groups is 1. The fourth-order valence-corrected chi connectivity index (χ4v) is 4.71. The molecule has 1 fully saturated rings. The topological polar surface area (TPSA) is 75.5 Å². The molecule has 10 heteroatoms. The monoisotopic (exact) mass is 494 g/mol. The Bertz CT molecular complexity index is 676. The van der Waals surface area contributed by atoms with Crippen LogP contribution in [-0.2, 0) is 23.4 Å².